The van der Waals surface area contributed by atoms with Crippen molar-refractivity contribution in [3.8, 4) is 0 Å². The molecule has 0 radical (unpaired) electrons. The third-order valence-corrected chi connectivity index (χ3v) is 5.91. The highest BCUT2D eigenvalue weighted by molar-refractivity contribution is 8.14. The largest absolute Gasteiger partial charge is 0.463 e. The van der Waals surface area contributed by atoms with Gasteiger partial charge in [0, 0.05) is 11.1 Å². The summed E-state index contributed by atoms with van der Waals surface area (Å²) in [7, 11) is 0. The summed E-state index contributed by atoms with van der Waals surface area (Å²) in [5.74, 6) is 0.279. The number of rotatable bonds is 5. The summed E-state index contributed by atoms with van der Waals surface area (Å²) in [5, 5.41) is 1.80. The Morgan fingerprint density at radius 3 is 2.39 bits per heavy atom. The molecule has 1 aromatic carbocycles. The minimum absolute atomic E-state index is 0.0672. The molecule has 1 atom stereocenters. The SMILES string of the molecule is CC(C)(C)C(=O)OCc1cc(N)c2[nH]c(C3=N[C@H](COC(=O)C(C)(C)C)CS3)cc2c1. The Bertz CT molecular complexity index is 1030. The van der Waals surface area contributed by atoms with E-state index in [1.165, 1.54) is 0 Å². The lowest BCUT2D eigenvalue weighted by Gasteiger charge is -2.17. The minimum Gasteiger partial charge on any atom is -0.463 e. The number of hydrogen-bond donors (Lipinski definition) is 2. The second-order valence-corrected chi connectivity index (χ2v) is 10.9. The number of carbonyl (C=O) groups excluding carboxylic acids is 2. The fourth-order valence-corrected chi connectivity index (χ4v) is 3.95. The van der Waals surface area contributed by atoms with E-state index >= 15 is 0 Å². The minimum atomic E-state index is -0.549. The Labute approximate surface area is 187 Å². The van der Waals surface area contributed by atoms with Crippen molar-refractivity contribution in [3.63, 3.8) is 0 Å². The van der Waals surface area contributed by atoms with Gasteiger partial charge in [-0.05, 0) is 65.3 Å². The van der Waals surface area contributed by atoms with Crippen molar-refractivity contribution in [2.24, 2.45) is 15.8 Å². The van der Waals surface area contributed by atoms with E-state index in [9.17, 15) is 9.59 Å². The van der Waals surface area contributed by atoms with E-state index in [2.05, 4.69) is 4.98 Å². The van der Waals surface area contributed by atoms with E-state index in [0.29, 0.717) is 5.69 Å². The van der Waals surface area contributed by atoms with Crippen molar-refractivity contribution in [1.82, 2.24) is 4.98 Å². The van der Waals surface area contributed by atoms with Crippen LogP contribution in [0.25, 0.3) is 10.9 Å². The van der Waals surface area contributed by atoms with Gasteiger partial charge in [-0.1, -0.05) is 0 Å². The third kappa shape index (κ3) is 5.61. The second-order valence-electron chi connectivity index (χ2n) is 9.91. The number of ether oxygens (including phenoxy) is 2. The van der Waals surface area contributed by atoms with Crippen LogP contribution in [0, 0.1) is 10.8 Å². The number of hydrogen-bond acceptors (Lipinski definition) is 7. The lowest BCUT2D eigenvalue weighted by molar-refractivity contribution is -0.154. The molecule has 168 valence electrons. The number of benzene rings is 1. The summed E-state index contributed by atoms with van der Waals surface area (Å²) in [4.78, 5) is 32.1. The molecule has 0 bridgehead atoms. The van der Waals surface area contributed by atoms with E-state index in [0.717, 1.165) is 33.0 Å². The van der Waals surface area contributed by atoms with Gasteiger partial charge in [-0.2, -0.15) is 0 Å². The molecule has 0 unspecified atom stereocenters. The predicted molar refractivity (Wildman–Crippen MR) is 125 cm³/mol. The Morgan fingerprint density at radius 2 is 1.74 bits per heavy atom. The van der Waals surface area contributed by atoms with Crippen LogP contribution in [0.15, 0.2) is 23.2 Å². The molecule has 2 heterocycles. The molecule has 31 heavy (non-hydrogen) atoms. The molecule has 0 fully saturated rings. The molecular formula is C23H31N3O4S. The van der Waals surface area contributed by atoms with Crippen molar-refractivity contribution < 1.29 is 19.1 Å². The van der Waals surface area contributed by atoms with E-state index in [4.69, 9.17) is 20.2 Å². The Kier molecular flexibility index (Phi) is 6.41. The number of aromatic amines is 1. The summed E-state index contributed by atoms with van der Waals surface area (Å²) in [6.45, 7) is 11.4. The van der Waals surface area contributed by atoms with Crippen molar-refractivity contribution in [2.45, 2.75) is 54.2 Å². The maximum Gasteiger partial charge on any atom is 0.311 e. The molecule has 8 heteroatoms. The van der Waals surface area contributed by atoms with Gasteiger partial charge >= 0.3 is 11.9 Å². The number of nitrogen functional groups attached to an aromatic ring is 1. The molecule has 0 aliphatic carbocycles. The second kappa shape index (κ2) is 8.57. The van der Waals surface area contributed by atoms with Gasteiger partial charge in [0.25, 0.3) is 0 Å². The number of carbonyl (C=O) groups is 2. The first-order chi connectivity index (χ1) is 14.3. The van der Waals surface area contributed by atoms with Gasteiger partial charge in [0.2, 0.25) is 0 Å². The van der Waals surface area contributed by atoms with Crippen molar-refractivity contribution in [2.75, 3.05) is 18.1 Å². The van der Waals surface area contributed by atoms with Crippen LogP contribution in [0.4, 0.5) is 5.69 Å². The zero-order valence-electron chi connectivity index (χ0n) is 19.0. The monoisotopic (exact) mass is 445 g/mol. The summed E-state index contributed by atoms with van der Waals surface area (Å²) >= 11 is 1.62. The Hall–Kier alpha value is -2.48. The predicted octanol–water partition coefficient (Wildman–Crippen LogP) is 4.29. The first-order valence-electron chi connectivity index (χ1n) is 10.3. The average Bonchev–Trinajstić information content (AvgIpc) is 3.29. The van der Waals surface area contributed by atoms with Gasteiger partial charge in [-0.15, -0.1) is 11.8 Å². The molecule has 0 saturated carbocycles. The van der Waals surface area contributed by atoms with Crippen molar-refractivity contribution >= 4 is 45.3 Å². The topological polar surface area (TPSA) is 107 Å². The molecular weight excluding hydrogens is 414 g/mol. The van der Waals surface area contributed by atoms with Gasteiger partial charge in [0.05, 0.1) is 33.8 Å². The van der Waals surface area contributed by atoms with Gasteiger partial charge in [0.15, 0.2) is 0 Å². The van der Waals surface area contributed by atoms with Gasteiger partial charge in [0.1, 0.15) is 18.3 Å². The number of aromatic nitrogens is 1. The van der Waals surface area contributed by atoms with Crippen molar-refractivity contribution in [1.29, 1.82) is 0 Å². The highest BCUT2D eigenvalue weighted by Crippen LogP contribution is 2.30. The summed E-state index contributed by atoms with van der Waals surface area (Å²) in [5.41, 5.74) is 8.29. The summed E-state index contributed by atoms with van der Waals surface area (Å²) in [6, 6.07) is 5.71. The molecule has 3 rings (SSSR count). The number of thioether (sulfide) groups is 1. The molecule has 2 aromatic rings. The summed E-state index contributed by atoms with van der Waals surface area (Å²) < 4.78 is 10.8. The zero-order chi connectivity index (χ0) is 23.0. The lowest BCUT2D eigenvalue weighted by Crippen LogP contribution is -2.26. The van der Waals surface area contributed by atoms with E-state index < -0.39 is 10.8 Å². The number of nitrogens with one attached hydrogen (secondary N) is 1. The molecule has 1 aromatic heterocycles. The molecule has 3 N–H and O–H groups in total. The highest BCUT2D eigenvalue weighted by Gasteiger charge is 2.27. The van der Waals surface area contributed by atoms with Crippen LogP contribution in [-0.4, -0.2) is 40.4 Å². The van der Waals surface area contributed by atoms with Crippen molar-refractivity contribution in [3.05, 3.63) is 29.5 Å². The molecule has 1 aliphatic heterocycles. The fraction of sp³-hybridized carbons (Fsp3) is 0.522. The standard InChI is InChI=1S/C23H31N3O4S/c1-22(2,3)20(27)29-10-13-7-14-9-17(26-18(14)16(24)8-13)19-25-15(12-31-19)11-30-21(28)23(4,5)6/h7-9,15,26H,10-12,24H2,1-6H3/t15-/m1/s1. The van der Waals surface area contributed by atoms with E-state index in [1.54, 1.807) is 11.8 Å². The number of anilines is 1. The zero-order valence-corrected chi connectivity index (χ0v) is 19.8. The quantitative estimate of drug-likeness (QED) is 0.525. The van der Waals surface area contributed by atoms with Gasteiger partial charge in [-0.25, -0.2) is 0 Å². The van der Waals surface area contributed by atoms with Crippen LogP contribution in [0.3, 0.4) is 0 Å². The first kappa shape index (κ1) is 23.2. The molecule has 0 amide bonds. The third-order valence-electron chi connectivity index (χ3n) is 4.76. The van der Waals surface area contributed by atoms with Crippen LogP contribution >= 0.6 is 11.8 Å². The molecule has 7 nitrogen and oxygen atoms in total. The fourth-order valence-electron chi connectivity index (χ4n) is 2.94. The average molecular weight is 446 g/mol. The number of fused-ring (bicyclic) bond motifs is 1. The molecule has 0 saturated heterocycles. The van der Waals surface area contributed by atoms with Gasteiger partial charge < -0.3 is 20.2 Å². The molecule has 1 aliphatic rings. The van der Waals surface area contributed by atoms with Crippen LogP contribution in [0.2, 0.25) is 0 Å². The first-order valence-corrected chi connectivity index (χ1v) is 11.3. The Morgan fingerprint density at radius 1 is 1.10 bits per heavy atom. The maximum atomic E-state index is 12.0. The van der Waals surface area contributed by atoms with Gasteiger partial charge in [-0.3, -0.25) is 14.6 Å². The van der Waals surface area contributed by atoms with Crippen LogP contribution in [0.5, 0.6) is 0 Å². The van der Waals surface area contributed by atoms with E-state index in [-0.39, 0.29) is 31.2 Å². The number of aliphatic imine (C=N–C) groups is 1. The summed E-state index contributed by atoms with van der Waals surface area (Å²) in [6.07, 6.45) is 0. The highest BCUT2D eigenvalue weighted by atomic mass is 32.2. The van der Waals surface area contributed by atoms with Crippen LogP contribution < -0.4 is 5.73 Å². The smallest absolute Gasteiger partial charge is 0.311 e. The van der Waals surface area contributed by atoms with Crippen LogP contribution in [0.1, 0.15) is 52.8 Å². The number of H-pyrrole nitrogens is 1. The molecule has 0 spiro atoms. The number of nitrogens with zero attached hydrogens (tertiary/aromatic N) is 1. The lowest BCUT2D eigenvalue weighted by atomic mass is 9.97. The normalized spacial score (nSPS) is 17.0. The van der Waals surface area contributed by atoms with Crippen LogP contribution in [-0.2, 0) is 25.7 Å². The number of nitrogens with two attached hydrogens (primary N) is 1. The Balaban J connectivity index is 1.72. The maximum absolute atomic E-state index is 12.0. The number of esters is 2. The van der Waals surface area contributed by atoms with E-state index in [1.807, 2.05) is 59.7 Å².